The molecule has 3 heterocycles. The molecule has 0 bridgehead atoms. The molecule has 26 heavy (non-hydrogen) atoms. The number of anilines is 1. The molecule has 1 aliphatic rings. The van der Waals surface area contributed by atoms with Gasteiger partial charge in [-0.3, -0.25) is 9.09 Å². The Morgan fingerprint density at radius 2 is 2.04 bits per heavy atom. The first-order valence-electron chi connectivity index (χ1n) is 7.06. The van der Waals surface area contributed by atoms with Crippen molar-refractivity contribution in [3.8, 4) is 0 Å². The number of aliphatic hydroxyl groups excluding tert-OH is 1. The van der Waals surface area contributed by atoms with E-state index in [4.69, 9.17) is 20.3 Å². The lowest BCUT2D eigenvalue weighted by molar-refractivity contribution is -0.0423. The van der Waals surface area contributed by atoms with Gasteiger partial charge in [-0.1, -0.05) is 0 Å². The highest BCUT2D eigenvalue weighted by Gasteiger charge is 2.39. The first-order chi connectivity index (χ1) is 12.1. The van der Waals surface area contributed by atoms with E-state index in [1.165, 1.54) is 17.2 Å². The average molecular weight is 411 g/mol. The molecule has 0 aromatic carbocycles. The molecular weight excluding hydrogens is 396 g/mol. The summed E-state index contributed by atoms with van der Waals surface area (Å²) in [4.78, 5) is 38.3. The zero-order valence-corrected chi connectivity index (χ0v) is 14.7. The van der Waals surface area contributed by atoms with Crippen molar-refractivity contribution in [3.63, 3.8) is 0 Å². The normalized spacial score (nSPS) is 26.2. The molecule has 14 nitrogen and oxygen atoms in total. The molecule has 0 aliphatic carbocycles. The van der Waals surface area contributed by atoms with Gasteiger partial charge < -0.3 is 30.3 Å². The van der Waals surface area contributed by atoms with Crippen molar-refractivity contribution in [2.75, 3.05) is 12.3 Å². The van der Waals surface area contributed by atoms with Crippen molar-refractivity contribution >= 4 is 32.6 Å². The van der Waals surface area contributed by atoms with Gasteiger partial charge in [-0.2, -0.15) is 4.31 Å². The van der Waals surface area contributed by atoms with Gasteiger partial charge in [0.2, 0.25) is 0 Å². The summed E-state index contributed by atoms with van der Waals surface area (Å²) in [7, 11) is -10.3. The number of aromatic nitrogens is 4. The highest BCUT2D eigenvalue weighted by molar-refractivity contribution is 7.60. The topological polar surface area (TPSA) is 212 Å². The van der Waals surface area contributed by atoms with Crippen molar-refractivity contribution in [3.05, 3.63) is 12.7 Å². The highest BCUT2D eigenvalue weighted by Crippen LogP contribution is 2.57. The summed E-state index contributed by atoms with van der Waals surface area (Å²) in [6, 6.07) is 0. The van der Waals surface area contributed by atoms with Crippen LogP contribution >= 0.6 is 15.6 Å². The fourth-order valence-electron chi connectivity index (χ4n) is 2.44. The largest absolute Gasteiger partial charge is 0.481 e. The van der Waals surface area contributed by atoms with Crippen molar-refractivity contribution in [2.24, 2.45) is 0 Å². The second-order valence-corrected chi connectivity index (χ2v) is 8.18. The van der Waals surface area contributed by atoms with E-state index in [2.05, 4.69) is 23.8 Å². The molecule has 2 aromatic heterocycles. The quantitative estimate of drug-likeness (QED) is 0.372. The third kappa shape index (κ3) is 4.26. The van der Waals surface area contributed by atoms with E-state index in [0.717, 1.165) is 0 Å². The molecule has 1 saturated heterocycles. The van der Waals surface area contributed by atoms with Crippen LogP contribution in [-0.4, -0.2) is 58.1 Å². The Morgan fingerprint density at radius 1 is 1.31 bits per heavy atom. The first kappa shape index (κ1) is 19.3. The molecule has 0 saturated carbocycles. The molecule has 0 radical (unpaired) electrons. The molecule has 16 heteroatoms. The number of rotatable bonds is 6. The van der Waals surface area contributed by atoms with Crippen LogP contribution in [0, 0.1) is 0 Å². The zero-order valence-electron chi connectivity index (χ0n) is 12.9. The van der Waals surface area contributed by atoms with Gasteiger partial charge in [-0.15, -0.1) is 0 Å². The molecule has 2 aromatic rings. The van der Waals surface area contributed by atoms with Crippen molar-refractivity contribution in [1.82, 2.24) is 19.5 Å². The standard InChI is InChI=1S/C10H15N5O9P2/c11-9-8-10(13-3-12-9)15(4-14-8)7-1-5(16)6(23-7)2-22-26(20,21)24-25(17,18)19/h3-7,16H,1-2H2,(H,20,21)(H2,11,12,13)(H2,17,18,19)/t5-,6+,7-/m1/s1. The Balaban J connectivity index is 1.69. The van der Waals surface area contributed by atoms with Gasteiger partial charge in [0.1, 0.15) is 24.2 Å². The predicted octanol–water partition coefficient (Wildman–Crippen LogP) is -0.717. The van der Waals surface area contributed by atoms with Crippen LogP contribution in [0.25, 0.3) is 11.2 Å². The van der Waals surface area contributed by atoms with Crippen LogP contribution in [0.5, 0.6) is 0 Å². The first-order valence-corrected chi connectivity index (χ1v) is 10.1. The van der Waals surface area contributed by atoms with Gasteiger partial charge in [0.25, 0.3) is 0 Å². The Morgan fingerprint density at radius 3 is 2.73 bits per heavy atom. The van der Waals surface area contributed by atoms with Crippen molar-refractivity contribution < 1.29 is 42.5 Å². The number of ether oxygens (including phenoxy) is 1. The van der Waals surface area contributed by atoms with Gasteiger partial charge in [0, 0.05) is 6.42 Å². The van der Waals surface area contributed by atoms with E-state index in [-0.39, 0.29) is 12.2 Å². The molecular formula is C10H15N5O9P2. The van der Waals surface area contributed by atoms with E-state index in [9.17, 15) is 19.1 Å². The Hall–Kier alpha value is -1.47. The van der Waals surface area contributed by atoms with E-state index in [0.29, 0.717) is 11.2 Å². The molecule has 0 amide bonds. The summed E-state index contributed by atoms with van der Waals surface area (Å²) in [6.07, 6.45) is -0.158. The van der Waals surface area contributed by atoms with Crippen LogP contribution in [0.15, 0.2) is 12.7 Å². The zero-order chi connectivity index (χ0) is 19.1. The van der Waals surface area contributed by atoms with Gasteiger partial charge in [-0.25, -0.2) is 24.1 Å². The van der Waals surface area contributed by atoms with E-state index < -0.39 is 40.7 Å². The number of hydrogen-bond donors (Lipinski definition) is 5. The molecule has 1 fully saturated rings. The van der Waals surface area contributed by atoms with E-state index >= 15 is 0 Å². The minimum atomic E-state index is -5.23. The Kier molecular flexibility index (Phi) is 5.14. The summed E-state index contributed by atoms with van der Waals surface area (Å²) in [5.74, 6) is 0.169. The lowest BCUT2D eigenvalue weighted by Gasteiger charge is -2.18. The number of hydrogen-bond acceptors (Lipinski definition) is 10. The number of nitrogens with zero attached hydrogens (tertiary/aromatic N) is 4. The van der Waals surface area contributed by atoms with Crippen LogP contribution in [0.1, 0.15) is 12.6 Å². The van der Waals surface area contributed by atoms with Crippen LogP contribution in [-0.2, 0) is 22.7 Å². The summed E-state index contributed by atoms with van der Waals surface area (Å²) >= 11 is 0. The van der Waals surface area contributed by atoms with E-state index in [1.54, 1.807) is 0 Å². The molecule has 144 valence electrons. The third-order valence-electron chi connectivity index (χ3n) is 3.51. The minimum absolute atomic E-state index is 0.0818. The summed E-state index contributed by atoms with van der Waals surface area (Å²) in [5.41, 5.74) is 6.41. The summed E-state index contributed by atoms with van der Waals surface area (Å²) in [5, 5.41) is 10.1. The molecule has 3 rings (SSSR count). The van der Waals surface area contributed by atoms with Gasteiger partial charge >= 0.3 is 15.6 Å². The molecule has 6 N–H and O–H groups in total. The fraction of sp³-hybridized carbons (Fsp3) is 0.500. The number of fused-ring (bicyclic) bond motifs is 1. The molecule has 1 aliphatic heterocycles. The molecule has 0 spiro atoms. The summed E-state index contributed by atoms with van der Waals surface area (Å²) in [6.45, 7) is -0.644. The number of nitrogen functional groups attached to an aromatic ring is 1. The van der Waals surface area contributed by atoms with Crippen LogP contribution < -0.4 is 5.73 Å². The highest BCUT2D eigenvalue weighted by atomic mass is 31.3. The smallest absolute Gasteiger partial charge is 0.390 e. The van der Waals surface area contributed by atoms with Crippen LogP contribution in [0.3, 0.4) is 0 Å². The summed E-state index contributed by atoms with van der Waals surface area (Å²) < 4.78 is 37.3. The maximum absolute atomic E-state index is 11.5. The van der Waals surface area contributed by atoms with Crippen molar-refractivity contribution in [2.45, 2.75) is 24.9 Å². The fourth-order valence-corrected chi connectivity index (χ4v) is 4.04. The lowest BCUT2D eigenvalue weighted by atomic mass is 10.2. The molecule has 4 atom stereocenters. The second-order valence-electron chi connectivity index (χ2n) is 5.35. The Bertz CT molecular complexity index is 900. The predicted molar refractivity (Wildman–Crippen MR) is 83.2 cm³/mol. The third-order valence-corrected chi connectivity index (χ3v) is 5.66. The number of phosphoric acid groups is 2. The van der Waals surface area contributed by atoms with Crippen LogP contribution in [0.2, 0.25) is 0 Å². The maximum Gasteiger partial charge on any atom is 0.481 e. The number of aliphatic hydroxyl groups is 1. The monoisotopic (exact) mass is 411 g/mol. The maximum atomic E-state index is 11.5. The SMILES string of the molecule is Nc1ncnc2c1ncn2[C@H]1C[C@@H](O)[C@H](COP(=O)(O)OP(=O)(O)O)O1. The Labute approximate surface area is 145 Å². The van der Waals surface area contributed by atoms with Gasteiger partial charge in [-0.05, 0) is 0 Å². The number of imidazole rings is 1. The second kappa shape index (κ2) is 6.93. The van der Waals surface area contributed by atoms with E-state index in [1.807, 2.05) is 0 Å². The molecule has 1 unspecified atom stereocenters. The van der Waals surface area contributed by atoms with Crippen molar-refractivity contribution in [1.29, 1.82) is 0 Å². The van der Waals surface area contributed by atoms with Crippen LogP contribution in [0.4, 0.5) is 5.82 Å². The number of nitrogens with two attached hydrogens (primary N) is 1. The lowest BCUT2D eigenvalue weighted by Crippen LogP contribution is -2.26. The van der Waals surface area contributed by atoms with Gasteiger partial charge in [0.05, 0.1) is 19.0 Å². The average Bonchev–Trinajstić information content (AvgIpc) is 3.07. The number of phosphoric ester groups is 1. The minimum Gasteiger partial charge on any atom is -0.390 e. The van der Waals surface area contributed by atoms with Gasteiger partial charge in [0.15, 0.2) is 11.5 Å².